The Kier molecular flexibility index (Phi) is 8.18. The van der Waals surface area contributed by atoms with Crippen LogP contribution in [0.5, 0.6) is 5.75 Å². The van der Waals surface area contributed by atoms with Crippen LogP contribution >= 0.6 is 0 Å². The van der Waals surface area contributed by atoms with Crippen molar-refractivity contribution < 1.29 is 22.7 Å². The fourth-order valence-electron chi connectivity index (χ4n) is 5.40. The molecule has 0 unspecified atom stereocenters. The van der Waals surface area contributed by atoms with E-state index >= 15 is 0 Å². The van der Waals surface area contributed by atoms with E-state index in [-0.39, 0.29) is 34.3 Å². The predicted molar refractivity (Wildman–Crippen MR) is 141 cm³/mol. The number of carbonyl (C=O) groups is 2. The highest BCUT2D eigenvalue weighted by molar-refractivity contribution is 7.93. The third kappa shape index (κ3) is 5.66. The number of hydrogen-bond acceptors (Lipinski definition) is 5. The van der Waals surface area contributed by atoms with Crippen molar-refractivity contribution in [3.63, 3.8) is 0 Å². The van der Waals surface area contributed by atoms with E-state index in [9.17, 15) is 18.0 Å². The van der Waals surface area contributed by atoms with Gasteiger partial charge in [-0.15, -0.1) is 0 Å². The zero-order chi connectivity index (χ0) is 25.9. The Balaban J connectivity index is 1.66. The molecule has 0 aromatic heterocycles. The summed E-state index contributed by atoms with van der Waals surface area (Å²) in [4.78, 5) is 26.4. The van der Waals surface area contributed by atoms with Gasteiger partial charge in [0, 0.05) is 5.92 Å². The van der Waals surface area contributed by atoms with Crippen LogP contribution in [0.2, 0.25) is 0 Å². The summed E-state index contributed by atoms with van der Waals surface area (Å²) in [5.74, 6) is -0.686. The number of sulfonamides is 1. The van der Waals surface area contributed by atoms with Gasteiger partial charge in [0.2, 0.25) is 5.91 Å². The Morgan fingerprint density at radius 1 is 0.750 bits per heavy atom. The summed E-state index contributed by atoms with van der Waals surface area (Å²) in [6.07, 6.45) is 9.18. The molecule has 0 N–H and O–H groups in total. The van der Waals surface area contributed by atoms with Gasteiger partial charge in [-0.2, -0.15) is 0 Å². The summed E-state index contributed by atoms with van der Waals surface area (Å²) in [7, 11) is -4.15. The molecule has 2 fully saturated rings. The van der Waals surface area contributed by atoms with Crippen LogP contribution in [0.3, 0.4) is 0 Å². The molecular formula is C29H37NO5S. The number of carbonyl (C=O) groups excluding carboxylic acids is 2. The SMILES string of the molecule is Cc1cc(C)c(S(=O)(=O)N(C(=O)C2CCCCC2)c2ccc(OC(=O)C3CCCCC3)cc2)cc1C. The molecule has 36 heavy (non-hydrogen) atoms. The molecule has 0 saturated heterocycles. The summed E-state index contributed by atoms with van der Waals surface area (Å²) in [5.41, 5.74) is 2.73. The zero-order valence-electron chi connectivity index (χ0n) is 21.6. The molecule has 0 atom stereocenters. The summed E-state index contributed by atoms with van der Waals surface area (Å²) in [6.45, 7) is 5.57. The molecule has 0 aliphatic heterocycles. The van der Waals surface area contributed by atoms with Gasteiger partial charge in [-0.1, -0.05) is 44.6 Å². The van der Waals surface area contributed by atoms with Gasteiger partial charge in [-0.25, -0.2) is 12.7 Å². The van der Waals surface area contributed by atoms with Crippen LogP contribution in [-0.2, 0) is 19.6 Å². The van der Waals surface area contributed by atoms with Gasteiger partial charge in [-0.05, 0) is 93.5 Å². The zero-order valence-corrected chi connectivity index (χ0v) is 22.4. The van der Waals surface area contributed by atoms with Crippen molar-refractivity contribution in [2.45, 2.75) is 89.9 Å². The van der Waals surface area contributed by atoms with Crippen LogP contribution in [-0.4, -0.2) is 20.3 Å². The number of esters is 1. The van der Waals surface area contributed by atoms with Gasteiger partial charge in [0.25, 0.3) is 10.0 Å². The Morgan fingerprint density at radius 3 is 1.86 bits per heavy atom. The van der Waals surface area contributed by atoms with Crippen molar-refractivity contribution in [2.75, 3.05) is 4.31 Å². The molecule has 2 saturated carbocycles. The maximum atomic E-state index is 14.0. The first-order valence-corrected chi connectivity index (χ1v) is 14.6. The van der Waals surface area contributed by atoms with Crippen molar-refractivity contribution >= 4 is 27.6 Å². The molecule has 0 radical (unpaired) electrons. The molecule has 1 amide bonds. The molecule has 7 heteroatoms. The van der Waals surface area contributed by atoms with E-state index in [1.807, 2.05) is 19.9 Å². The van der Waals surface area contributed by atoms with E-state index < -0.39 is 10.0 Å². The number of benzene rings is 2. The molecule has 2 aromatic rings. The van der Waals surface area contributed by atoms with E-state index in [2.05, 4.69) is 0 Å². The smallest absolute Gasteiger partial charge is 0.314 e. The monoisotopic (exact) mass is 511 g/mol. The summed E-state index contributed by atoms with van der Waals surface area (Å²) < 4.78 is 34.6. The summed E-state index contributed by atoms with van der Waals surface area (Å²) in [6, 6.07) is 9.80. The highest BCUT2D eigenvalue weighted by atomic mass is 32.2. The third-order valence-electron chi connectivity index (χ3n) is 7.69. The Bertz CT molecular complexity index is 1210. The molecular weight excluding hydrogens is 474 g/mol. The first-order chi connectivity index (χ1) is 17.2. The largest absolute Gasteiger partial charge is 0.426 e. The molecule has 2 aliphatic rings. The maximum Gasteiger partial charge on any atom is 0.314 e. The highest BCUT2D eigenvalue weighted by Gasteiger charge is 2.37. The molecule has 2 aromatic carbocycles. The van der Waals surface area contributed by atoms with E-state index in [4.69, 9.17) is 4.74 Å². The minimum absolute atomic E-state index is 0.0871. The minimum Gasteiger partial charge on any atom is -0.426 e. The van der Waals surface area contributed by atoms with Crippen LogP contribution in [0, 0.1) is 32.6 Å². The lowest BCUT2D eigenvalue weighted by atomic mass is 9.88. The number of anilines is 1. The van der Waals surface area contributed by atoms with Gasteiger partial charge >= 0.3 is 5.97 Å². The predicted octanol–water partition coefficient (Wildman–Crippen LogP) is 6.40. The molecule has 6 nitrogen and oxygen atoms in total. The average Bonchev–Trinajstić information content (AvgIpc) is 2.88. The number of hydrogen-bond donors (Lipinski definition) is 0. The molecule has 0 heterocycles. The third-order valence-corrected chi connectivity index (χ3v) is 9.56. The Morgan fingerprint density at radius 2 is 1.28 bits per heavy atom. The fraction of sp³-hybridized carbons (Fsp3) is 0.517. The second-order valence-corrected chi connectivity index (χ2v) is 12.1. The van der Waals surface area contributed by atoms with Gasteiger partial charge < -0.3 is 4.74 Å². The average molecular weight is 512 g/mol. The quantitative estimate of drug-likeness (QED) is 0.331. The topological polar surface area (TPSA) is 80.8 Å². The molecule has 0 spiro atoms. The molecule has 0 bridgehead atoms. The van der Waals surface area contributed by atoms with Crippen LogP contribution < -0.4 is 9.04 Å². The standard InChI is InChI=1S/C29H37NO5S/c1-20-18-22(3)27(19-21(20)2)36(33,34)30(28(31)23-10-6-4-7-11-23)25-14-16-26(17-15-25)35-29(32)24-12-8-5-9-13-24/h14-19,23-24H,4-13H2,1-3H3. The van der Waals surface area contributed by atoms with Crippen LogP contribution in [0.1, 0.15) is 80.9 Å². The lowest BCUT2D eigenvalue weighted by molar-refractivity contribution is -0.140. The lowest BCUT2D eigenvalue weighted by Gasteiger charge is -2.29. The second kappa shape index (κ2) is 11.2. The number of amides is 1. The van der Waals surface area contributed by atoms with Crippen LogP contribution in [0.15, 0.2) is 41.3 Å². The van der Waals surface area contributed by atoms with Crippen LogP contribution in [0.25, 0.3) is 0 Å². The van der Waals surface area contributed by atoms with Crippen molar-refractivity contribution in [1.82, 2.24) is 0 Å². The van der Waals surface area contributed by atoms with Crippen molar-refractivity contribution in [3.05, 3.63) is 53.1 Å². The van der Waals surface area contributed by atoms with Gasteiger partial charge in [0.1, 0.15) is 5.75 Å². The molecule has 2 aliphatic carbocycles. The highest BCUT2D eigenvalue weighted by Crippen LogP contribution is 2.34. The first-order valence-electron chi connectivity index (χ1n) is 13.2. The normalized spacial score (nSPS) is 17.5. The maximum absolute atomic E-state index is 14.0. The number of rotatable bonds is 6. The van der Waals surface area contributed by atoms with E-state index in [1.165, 1.54) is 0 Å². The second-order valence-electron chi connectivity index (χ2n) is 10.4. The fourth-order valence-corrected chi connectivity index (χ4v) is 7.17. The van der Waals surface area contributed by atoms with Gasteiger partial charge in [0.05, 0.1) is 16.5 Å². The minimum atomic E-state index is -4.15. The van der Waals surface area contributed by atoms with E-state index in [0.29, 0.717) is 24.2 Å². The molecule has 4 rings (SSSR count). The van der Waals surface area contributed by atoms with Gasteiger partial charge in [-0.3, -0.25) is 9.59 Å². The van der Waals surface area contributed by atoms with Crippen molar-refractivity contribution in [2.24, 2.45) is 11.8 Å². The lowest BCUT2D eigenvalue weighted by Crippen LogP contribution is -2.42. The first kappa shape index (κ1) is 26.4. The Labute approximate surface area is 215 Å². The number of nitrogens with zero attached hydrogens (tertiary/aromatic N) is 1. The van der Waals surface area contributed by atoms with Crippen molar-refractivity contribution in [1.29, 1.82) is 0 Å². The van der Waals surface area contributed by atoms with Crippen molar-refractivity contribution in [3.8, 4) is 5.75 Å². The Hall–Kier alpha value is -2.67. The van der Waals surface area contributed by atoms with Gasteiger partial charge in [0.15, 0.2) is 0 Å². The molecule has 194 valence electrons. The summed E-state index contributed by atoms with van der Waals surface area (Å²) in [5, 5.41) is 0. The van der Waals surface area contributed by atoms with E-state index in [1.54, 1.807) is 37.3 Å². The number of aryl methyl sites for hydroxylation is 3. The number of ether oxygens (including phenoxy) is 1. The van der Waals surface area contributed by atoms with Crippen LogP contribution in [0.4, 0.5) is 5.69 Å². The summed E-state index contributed by atoms with van der Waals surface area (Å²) >= 11 is 0. The van der Waals surface area contributed by atoms with E-state index in [0.717, 1.165) is 66.8 Å².